The van der Waals surface area contributed by atoms with Crippen LogP contribution in [0.1, 0.15) is 29.1 Å². The molecule has 2 heterocycles. The summed E-state index contributed by atoms with van der Waals surface area (Å²) in [7, 11) is 0. The maximum Gasteiger partial charge on any atom is 0.320 e. The number of hydrogen-bond donors (Lipinski definition) is 2. The SMILES string of the molecule is O=C(Nc1ccc(OC2CC(C(=O)OCCc3ccccc3)C2)nc1)c1nnc(Nc2ccc(F)c(F)c2)o1. The van der Waals surface area contributed by atoms with Crippen molar-refractivity contribution in [3.05, 3.63) is 89.9 Å². The number of pyridine rings is 1. The lowest BCUT2D eigenvalue weighted by atomic mass is 9.82. The van der Waals surface area contributed by atoms with E-state index in [9.17, 15) is 18.4 Å². The molecule has 1 aliphatic carbocycles. The Morgan fingerprint density at radius 3 is 2.51 bits per heavy atom. The first kappa shape index (κ1) is 25.8. The van der Waals surface area contributed by atoms with Crippen molar-refractivity contribution >= 4 is 29.3 Å². The van der Waals surface area contributed by atoms with Crippen LogP contribution in [0.3, 0.4) is 0 Å². The van der Waals surface area contributed by atoms with Crippen LogP contribution in [0.25, 0.3) is 0 Å². The van der Waals surface area contributed by atoms with Gasteiger partial charge in [0.25, 0.3) is 0 Å². The molecule has 2 aromatic heterocycles. The lowest BCUT2D eigenvalue weighted by Crippen LogP contribution is -2.39. The molecule has 1 aliphatic rings. The highest BCUT2D eigenvalue weighted by atomic mass is 19.2. The van der Waals surface area contributed by atoms with Gasteiger partial charge in [0.2, 0.25) is 5.88 Å². The molecular formula is C27H23F2N5O5. The fourth-order valence-electron chi connectivity index (χ4n) is 3.83. The second kappa shape index (κ2) is 11.7. The second-order valence-corrected chi connectivity index (χ2v) is 8.82. The molecule has 0 spiro atoms. The van der Waals surface area contributed by atoms with E-state index in [1.54, 1.807) is 12.1 Å². The topological polar surface area (TPSA) is 128 Å². The number of nitrogens with zero attached hydrogens (tertiary/aromatic N) is 3. The first-order chi connectivity index (χ1) is 18.9. The third-order valence-corrected chi connectivity index (χ3v) is 5.98. The Morgan fingerprint density at radius 2 is 1.77 bits per heavy atom. The normalized spacial score (nSPS) is 16.2. The molecule has 0 aliphatic heterocycles. The van der Waals surface area contributed by atoms with Gasteiger partial charge in [-0.05, 0) is 36.6 Å². The quantitative estimate of drug-likeness (QED) is 0.278. The maximum absolute atomic E-state index is 13.3. The molecule has 200 valence electrons. The zero-order chi connectivity index (χ0) is 27.2. The van der Waals surface area contributed by atoms with E-state index in [2.05, 4.69) is 25.8 Å². The molecule has 2 aromatic carbocycles. The van der Waals surface area contributed by atoms with Crippen molar-refractivity contribution in [3.8, 4) is 5.88 Å². The lowest BCUT2D eigenvalue weighted by molar-refractivity contribution is -0.154. The number of carbonyl (C=O) groups is 2. The summed E-state index contributed by atoms with van der Waals surface area (Å²) in [6, 6.07) is 16.0. The standard InChI is InChI=1S/C27H23F2N5O5/c28-21-8-6-18(14-22(21)29)32-27-34-33-25(39-27)24(35)31-19-7-9-23(30-15-19)38-20-12-17(13-20)26(36)37-11-10-16-4-2-1-3-5-16/h1-9,14-15,17,20H,10-13H2,(H,31,35)(H,32,34). The number of anilines is 3. The van der Waals surface area contributed by atoms with Gasteiger partial charge in [0.1, 0.15) is 6.10 Å². The number of ether oxygens (including phenoxy) is 2. The van der Waals surface area contributed by atoms with Gasteiger partial charge >= 0.3 is 23.8 Å². The van der Waals surface area contributed by atoms with Gasteiger partial charge in [0.05, 0.1) is 24.4 Å². The third-order valence-electron chi connectivity index (χ3n) is 5.98. The Balaban J connectivity index is 1.04. The van der Waals surface area contributed by atoms with Crippen LogP contribution in [-0.2, 0) is 16.0 Å². The zero-order valence-corrected chi connectivity index (χ0v) is 20.5. The van der Waals surface area contributed by atoms with Crippen LogP contribution in [0.2, 0.25) is 0 Å². The van der Waals surface area contributed by atoms with Crippen LogP contribution in [0, 0.1) is 17.6 Å². The molecule has 12 heteroatoms. The molecule has 0 radical (unpaired) electrons. The van der Waals surface area contributed by atoms with Crippen molar-refractivity contribution in [2.45, 2.75) is 25.4 Å². The van der Waals surface area contributed by atoms with Gasteiger partial charge in [-0.3, -0.25) is 9.59 Å². The van der Waals surface area contributed by atoms with Gasteiger partial charge in [-0.2, -0.15) is 0 Å². The zero-order valence-electron chi connectivity index (χ0n) is 20.5. The van der Waals surface area contributed by atoms with E-state index < -0.39 is 17.5 Å². The molecule has 4 aromatic rings. The van der Waals surface area contributed by atoms with Crippen molar-refractivity contribution in [2.24, 2.45) is 5.92 Å². The molecule has 0 unspecified atom stereocenters. The van der Waals surface area contributed by atoms with Crippen LogP contribution in [0.15, 0.2) is 71.3 Å². The minimum absolute atomic E-state index is 0.150. The summed E-state index contributed by atoms with van der Waals surface area (Å²) in [6.45, 7) is 0.343. The number of hydrogen-bond acceptors (Lipinski definition) is 9. The molecular weight excluding hydrogens is 512 g/mol. The Labute approximate surface area is 221 Å². The van der Waals surface area contributed by atoms with Crippen molar-refractivity contribution in [1.29, 1.82) is 0 Å². The number of benzene rings is 2. The van der Waals surface area contributed by atoms with E-state index in [1.165, 1.54) is 12.3 Å². The van der Waals surface area contributed by atoms with E-state index >= 15 is 0 Å². The number of carbonyl (C=O) groups excluding carboxylic acids is 2. The van der Waals surface area contributed by atoms with Crippen LogP contribution >= 0.6 is 0 Å². The first-order valence-electron chi connectivity index (χ1n) is 12.1. The number of amides is 1. The Kier molecular flexibility index (Phi) is 7.71. The van der Waals surface area contributed by atoms with E-state index in [-0.39, 0.29) is 35.6 Å². The highest BCUT2D eigenvalue weighted by Crippen LogP contribution is 2.32. The molecule has 0 saturated heterocycles. The molecule has 0 atom stereocenters. The molecule has 2 N–H and O–H groups in total. The lowest BCUT2D eigenvalue weighted by Gasteiger charge is -2.33. The van der Waals surface area contributed by atoms with Gasteiger partial charge in [-0.1, -0.05) is 35.4 Å². The van der Waals surface area contributed by atoms with Crippen LogP contribution in [-0.4, -0.2) is 39.8 Å². The average molecular weight is 536 g/mol. The minimum atomic E-state index is -1.05. The summed E-state index contributed by atoms with van der Waals surface area (Å²) in [4.78, 5) is 28.8. The van der Waals surface area contributed by atoms with Gasteiger partial charge in [0.15, 0.2) is 11.6 Å². The molecule has 39 heavy (non-hydrogen) atoms. The smallest absolute Gasteiger partial charge is 0.320 e. The van der Waals surface area contributed by atoms with E-state index in [1.807, 2.05) is 30.3 Å². The van der Waals surface area contributed by atoms with Crippen molar-refractivity contribution in [3.63, 3.8) is 0 Å². The monoisotopic (exact) mass is 535 g/mol. The first-order valence-corrected chi connectivity index (χ1v) is 12.1. The molecule has 0 bridgehead atoms. The summed E-state index contributed by atoms with van der Waals surface area (Å²) in [6.07, 6.45) is 3.01. The fourth-order valence-corrected chi connectivity index (χ4v) is 3.83. The van der Waals surface area contributed by atoms with Crippen molar-refractivity contribution < 1.29 is 32.3 Å². The van der Waals surface area contributed by atoms with E-state index in [0.29, 0.717) is 37.4 Å². The maximum atomic E-state index is 13.3. The minimum Gasteiger partial charge on any atom is -0.474 e. The molecule has 1 fully saturated rings. The largest absolute Gasteiger partial charge is 0.474 e. The van der Waals surface area contributed by atoms with Crippen LogP contribution in [0.4, 0.5) is 26.2 Å². The molecule has 1 amide bonds. The molecule has 1 saturated carbocycles. The number of halogens is 2. The summed E-state index contributed by atoms with van der Waals surface area (Å²) in [5.41, 5.74) is 1.64. The summed E-state index contributed by atoms with van der Waals surface area (Å²) in [5.74, 6) is -3.15. The Bertz CT molecular complexity index is 1440. The summed E-state index contributed by atoms with van der Waals surface area (Å²) < 4.78 is 42.8. The second-order valence-electron chi connectivity index (χ2n) is 8.82. The predicted octanol–water partition coefficient (Wildman–Crippen LogP) is 4.68. The number of esters is 1. The van der Waals surface area contributed by atoms with Crippen LogP contribution < -0.4 is 15.4 Å². The molecule has 10 nitrogen and oxygen atoms in total. The molecule has 5 rings (SSSR count). The van der Waals surface area contributed by atoms with Gasteiger partial charge in [-0.15, -0.1) is 5.10 Å². The number of aromatic nitrogens is 3. The van der Waals surface area contributed by atoms with E-state index in [0.717, 1.165) is 17.7 Å². The van der Waals surface area contributed by atoms with Crippen molar-refractivity contribution in [1.82, 2.24) is 15.2 Å². The average Bonchev–Trinajstić information content (AvgIpc) is 3.38. The van der Waals surface area contributed by atoms with Gasteiger partial charge < -0.3 is 24.5 Å². The van der Waals surface area contributed by atoms with E-state index in [4.69, 9.17) is 13.9 Å². The Hall–Kier alpha value is -4.87. The fraction of sp³-hybridized carbons (Fsp3) is 0.222. The van der Waals surface area contributed by atoms with Crippen LogP contribution in [0.5, 0.6) is 5.88 Å². The number of rotatable bonds is 10. The third kappa shape index (κ3) is 6.72. The predicted molar refractivity (Wildman–Crippen MR) is 134 cm³/mol. The van der Waals surface area contributed by atoms with Crippen molar-refractivity contribution in [2.75, 3.05) is 17.2 Å². The van der Waals surface area contributed by atoms with Gasteiger partial charge in [0, 0.05) is 24.2 Å². The number of nitrogens with one attached hydrogen (secondary N) is 2. The highest BCUT2D eigenvalue weighted by Gasteiger charge is 2.37. The summed E-state index contributed by atoms with van der Waals surface area (Å²) >= 11 is 0. The summed E-state index contributed by atoms with van der Waals surface area (Å²) in [5, 5.41) is 12.5. The Morgan fingerprint density at radius 1 is 0.974 bits per heavy atom. The van der Waals surface area contributed by atoms with Gasteiger partial charge in [-0.25, -0.2) is 13.8 Å². The highest BCUT2D eigenvalue weighted by molar-refractivity contribution is 6.00.